The standard InChI is InChI=1S/C14H15OP.ClH/c1-15-12-16(13-8-4-2-5-9-13)14-10-6-3-7-11-14;/h2-11H,12H2,1H3;1H. The second kappa shape index (κ2) is 7.45. The quantitative estimate of drug-likeness (QED) is 0.773. The average molecular weight is 267 g/mol. The zero-order valence-corrected chi connectivity index (χ0v) is 11.5. The van der Waals surface area contributed by atoms with Gasteiger partial charge in [-0.25, -0.2) is 0 Å². The van der Waals surface area contributed by atoms with Crippen molar-refractivity contribution < 1.29 is 4.74 Å². The van der Waals surface area contributed by atoms with E-state index in [1.165, 1.54) is 10.6 Å². The molecule has 2 aromatic rings. The highest BCUT2D eigenvalue weighted by molar-refractivity contribution is 7.72. The van der Waals surface area contributed by atoms with Gasteiger partial charge in [-0.3, -0.25) is 0 Å². The molecule has 0 atom stereocenters. The largest absolute Gasteiger partial charge is 0.380 e. The molecule has 0 fully saturated rings. The average Bonchev–Trinajstić information content (AvgIpc) is 2.38. The molecule has 0 aliphatic heterocycles. The summed E-state index contributed by atoms with van der Waals surface area (Å²) >= 11 is 0. The number of halogens is 1. The lowest BCUT2D eigenvalue weighted by atomic mass is 10.4. The van der Waals surface area contributed by atoms with Crippen molar-refractivity contribution in [1.82, 2.24) is 0 Å². The van der Waals surface area contributed by atoms with Gasteiger partial charge in [-0.1, -0.05) is 60.7 Å². The van der Waals surface area contributed by atoms with Crippen LogP contribution < -0.4 is 10.6 Å². The van der Waals surface area contributed by atoms with Crippen molar-refractivity contribution >= 4 is 30.9 Å². The molecule has 0 amide bonds. The van der Waals surface area contributed by atoms with Gasteiger partial charge >= 0.3 is 0 Å². The van der Waals surface area contributed by atoms with E-state index in [-0.39, 0.29) is 20.3 Å². The molecule has 0 spiro atoms. The summed E-state index contributed by atoms with van der Waals surface area (Å²) in [7, 11) is 1.39. The van der Waals surface area contributed by atoms with E-state index in [0.717, 1.165) is 6.35 Å². The van der Waals surface area contributed by atoms with Crippen LogP contribution in [0.25, 0.3) is 0 Å². The Labute approximate surface area is 110 Å². The van der Waals surface area contributed by atoms with Crippen molar-refractivity contribution in [3.63, 3.8) is 0 Å². The Bertz CT molecular complexity index is 379. The first-order valence-electron chi connectivity index (χ1n) is 5.28. The van der Waals surface area contributed by atoms with Crippen LogP contribution >= 0.6 is 20.3 Å². The van der Waals surface area contributed by atoms with Crippen molar-refractivity contribution in [2.24, 2.45) is 0 Å². The molecular weight excluding hydrogens is 251 g/mol. The van der Waals surface area contributed by atoms with Gasteiger partial charge in [-0.05, 0) is 18.5 Å². The van der Waals surface area contributed by atoms with Crippen molar-refractivity contribution in [2.45, 2.75) is 0 Å². The van der Waals surface area contributed by atoms with Gasteiger partial charge in [-0.15, -0.1) is 12.4 Å². The Hall–Kier alpha value is -0.880. The number of ether oxygens (including phenoxy) is 1. The van der Waals surface area contributed by atoms with Crippen LogP contribution in [0.3, 0.4) is 0 Å². The van der Waals surface area contributed by atoms with E-state index in [4.69, 9.17) is 4.74 Å². The smallest absolute Gasteiger partial charge is 0.0738 e. The first kappa shape index (κ1) is 14.2. The summed E-state index contributed by atoms with van der Waals surface area (Å²) in [6.07, 6.45) is 0.781. The van der Waals surface area contributed by atoms with Gasteiger partial charge < -0.3 is 4.74 Å². The van der Waals surface area contributed by atoms with E-state index in [1.54, 1.807) is 7.11 Å². The van der Waals surface area contributed by atoms with Gasteiger partial charge in [0.15, 0.2) is 0 Å². The van der Waals surface area contributed by atoms with Crippen molar-refractivity contribution in [2.75, 3.05) is 13.5 Å². The molecule has 0 saturated carbocycles. The van der Waals surface area contributed by atoms with Gasteiger partial charge in [0.1, 0.15) is 0 Å². The predicted molar refractivity (Wildman–Crippen MR) is 78.2 cm³/mol. The number of methoxy groups -OCH3 is 1. The molecule has 17 heavy (non-hydrogen) atoms. The third-order valence-electron chi connectivity index (χ3n) is 2.39. The van der Waals surface area contributed by atoms with Gasteiger partial charge in [0.05, 0.1) is 6.35 Å². The number of rotatable bonds is 4. The molecule has 3 heteroatoms. The molecule has 2 rings (SSSR count). The van der Waals surface area contributed by atoms with Crippen LogP contribution in [0.5, 0.6) is 0 Å². The minimum atomic E-state index is -0.373. The lowest BCUT2D eigenvalue weighted by Gasteiger charge is -2.17. The highest BCUT2D eigenvalue weighted by Gasteiger charge is 2.12. The van der Waals surface area contributed by atoms with Crippen molar-refractivity contribution in [3.8, 4) is 0 Å². The zero-order valence-electron chi connectivity index (χ0n) is 9.74. The van der Waals surface area contributed by atoms with Crippen LogP contribution in [0.2, 0.25) is 0 Å². The van der Waals surface area contributed by atoms with Gasteiger partial charge in [-0.2, -0.15) is 0 Å². The Balaban J connectivity index is 0.00000144. The molecule has 0 aromatic heterocycles. The number of benzene rings is 2. The second-order valence-electron chi connectivity index (χ2n) is 3.52. The maximum absolute atomic E-state index is 5.34. The SMILES string of the molecule is COCP(c1ccccc1)c1ccccc1.Cl. The zero-order chi connectivity index (χ0) is 11.2. The normalized spacial score (nSPS) is 10.0. The summed E-state index contributed by atoms with van der Waals surface area (Å²) in [5.74, 6) is 0. The van der Waals surface area contributed by atoms with Crippen LogP contribution in [0.15, 0.2) is 60.7 Å². The summed E-state index contributed by atoms with van der Waals surface area (Å²) in [6.45, 7) is 0. The topological polar surface area (TPSA) is 9.23 Å². The van der Waals surface area contributed by atoms with Crippen LogP contribution in [0.4, 0.5) is 0 Å². The molecular formula is C14H16ClOP. The molecule has 0 aliphatic rings. The van der Waals surface area contributed by atoms with Crippen molar-refractivity contribution in [1.29, 1.82) is 0 Å². The molecule has 0 N–H and O–H groups in total. The molecule has 0 aliphatic carbocycles. The summed E-state index contributed by atoms with van der Waals surface area (Å²) < 4.78 is 5.34. The highest BCUT2D eigenvalue weighted by atomic mass is 35.5. The molecule has 2 aromatic carbocycles. The molecule has 90 valence electrons. The molecule has 0 heterocycles. The van der Waals surface area contributed by atoms with Gasteiger partial charge in [0.25, 0.3) is 0 Å². The van der Waals surface area contributed by atoms with E-state index in [0.29, 0.717) is 0 Å². The summed E-state index contributed by atoms with van der Waals surface area (Å²) in [5.41, 5.74) is 0. The third kappa shape index (κ3) is 3.81. The van der Waals surface area contributed by atoms with Gasteiger partial charge in [0, 0.05) is 7.11 Å². The number of hydrogen-bond donors (Lipinski definition) is 0. The first-order chi connectivity index (χ1) is 7.92. The van der Waals surface area contributed by atoms with E-state index < -0.39 is 0 Å². The van der Waals surface area contributed by atoms with Crippen LogP contribution in [-0.4, -0.2) is 13.5 Å². The van der Waals surface area contributed by atoms with E-state index in [2.05, 4.69) is 60.7 Å². The number of hydrogen-bond acceptors (Lipinski definition) is 1. The molecule has 0 radical (unpaired) electrons. The summed E-state index contributed by atoms with van der Waals surface area (Å²) in [5, 5.41) is 2.73. The minimum Gasteiger partial charge on any atom is -0.380 e. The van der Waals surface area contributed by atoms with Crippen molar-refractivity contribution in [3.05, 3.63) is 60.7 Å². The summed E-state index contributed by atoms with van der Waals surface area (Å²) in [4.78, 5) is 0. The van der Waals surface area contributed by atoms with Crippen LogP contribution in [0, 0.1) is 0 Å². The van der Waals surface area contributed by atoms with E-state index in [9.17, 15) is 0 Å². The lowest BCUT2D eigenvalue weighted by molar-refractivity contribution is 0.256. The monoisotopic (exact) mass is 266 g/mol. The summed E-state index contributed by atoms with van der Waals surface area (Å²) in [6, 6.07) is 21.2. The Morgan fingerprint density at radius 1 is 0.824 bits per heavy atom. The maximum Gasteiger partial charge on any atom is 0.0738 e. The Kier molecular flexibility index (Phi) is 6.21. The Morgan fingerprint density at radius 3 is 1.59 bits per heavy atom. The Morgan fingerprint density at radius 2 is 1.24 bits per heavy atom. The van der Waals surface area contributed by atoms with Gasteiger partial charge in [0.2, 0.25) is 0 Å². The molecule has 1 nitrogen and oxygen atoms in total. The molecule has 0 saturated heterocycles. The maximum atomic E-state index is 5.34. The fraction of sp³-hybridized carbons (Fsp3) is 0.143. The fourth-order valence-corrected chi connectivity index (χ4v) is 3.56. The highest BCUT2D eigenvalue weighted by Crippen LogP contribution is 2.32. The molecule has 0 bridgehead atoms. The van der Waals surface area contributed by atoms with Crippen LogP contribution in [0.1, 0.15) is 0 Å². The van der Waals surface area contributed by atoms with E-state index >= 15 is 0 Å². The first-order valence-corrected chi connectivity index (χ1v) is 6.81. The lowest BCUT2D eigenvalue weighted by Crippen LogP contribution is -2.14. The van der Waals surface area contributed by atoms with Crippen LogP contribution in [-0.2, 0) is 4.74 Å². The second-order valence-corrected chi connectivity index (χ2v) is 5.66. The fourth-order valence-electron chi connectivity index (χ4n) is 1.64. The van der Waals surface area contributed by atoms with E-state index in [1.807, 2.05) is 0 Å². The third-order valence-corrected chi connectivity index (χ3v) is 4.75. The molecule has 0 unspecified atom stereocenters. The predicted octanol–water partition coefficient (Wildman–Crippen LogP) is 3.15. The minimum absolute atomic E-state index is 0.